The highest BCUT2D eigenvalue weighted by Crippen LogP contribution is 2.37. The first-order valence-corrected chi connectivity index (χ1v) is 7.72. The van der Waals surface area contributed by atoms with Crippen LogP contribution in [-0.2, 0) is 9.59 Å². The fourth-order valence-corrected chi connectivity index (χ4v) is 3.25. The zero-order valence-corrected chi connectivity index (χ0v) is 12.7. The van der Waals surface area contributed by atoms with Gasteiger partial charge in [0.1, 0.15) is 0 Å². The van der Waals surface area contributed by atoms with Crippen molar-refractivity contribution in [1.29, 1.82) is 0 Å². The van der Waals surface area contributed by atoms with Crippen LogP contribution in [0.3, 0.4) is 0 Å². The minimum atomic E-state index is -0.207. The Morgan fingerprint density at radius 2 is 1.95 bits per heavy atom. The van der Waals surface area contributed by atoms with Crippen molar-refractivity contribution in [1.82, 2.24) is 9.80 Å². The molecule has 1 aromatic rings. The summed E-state index contributed by atoms with van der Waals surface area (Å²) in [4.78, 5) is 29.7. The molecule has 1 aromatic carbocycles. The van der Waals surface area contributed by atoms with Crippen molar-refractivity contribution < 1.29 is 9.59 Å². The molecule has 2 aliphatic heterocycles. The van der Waals surface area contributed by atoms with E-state index in [2.05, 4.69) is 10.2 Å². The van der Waals surface area contributed by atoms with Gasteiger partial charge in [0.05, 0.1) is 10.6 Å². The molecular formula is C15H17N3O2S. The highest BCUT2D eigenvalue weighted by Gasteiger charge is 2.24. The number of carbonyl (C=O) groups excluding carboxylic acids is 2. The molecule has 6 heteroatoms. The Bertz CT molecular complexity index is 607. The maximum atomic E-state index is 12.3. The number of hydrogen-bond donors (Lipinski definition) is 1. The molecule has 1 N–H and O–H groups in total. The Hall–Kier alpha value is -1.79. The minimum absolute atomic E-state index is 0.0832. The lowest BCUT2D eigenvalue weighted by Crippen LogP contribution is -2.46. The van der Waals surface area contributed by atoms with Crippen molar-refractivity contribution in [3.05, 3.63) is 35.2 Å². The molecule has 2 heterocycles. The van der Waals surface area contributed by atoms with E-state index in [0.29, 0.717) is 18.0 Å². The summed E-state index contributed by atoms with van der Waals surface area (Å²) in [5, 5.41) is 2.82. The van der Waals surface area contributed by atoms with E-state index in [9.17, 15) is 9.59 Å². The molecule has 21 heavy (non-hydrogen) atoms. The van der Waals surface area contributed by atoms with Gasteiger partial charge in [-0.05, 0) is 19.2 Å². The zero-order valence-electron chi connectivity index (χ0n) is 11.8. The SMILES string of the molecule is CN1CCN(C(=O)/C=C2\Sc3ccccc3NC2=O)CC1. The molecule has 1 fully saturated rings. The summed E-state index contributed by atoms with van der Waals surface area (Å²) in [6.07, 6.45) is 1.46. The second kappa shape index (κ2) is 5.91. The third-order valence-corrected chi connectivity index (χ3v) is 4.75. The van der Waals surface area contributed by atoms with Crippen LogP contribution >= 0.6 is 11.8 Å². The number of piperazine rings is 1. The number of thioether (sulfide) groups is 1. The molecule has 3 rings (SSSR count). The van der Waals surface area contributed by atoms with Gasteiger partial charge in [0, 0.05) is 37.2 Å². The van der Waals surface area contributed by atoms with Gasteiger partial charge in [-0.25, -0.2) is 0 Å². The van der Waals surface area contributed by atoms with Gasteiger partial charge in [-0.15, -0.1) is 0 Å². The summed E-state index contributed by atoms with van der Waals surface area (Å²) >= 11 is 1.35. The number of fused-ring (bicyclic) bond motifs is 1. The van der Waals surface area contributed by atoms with Crippen LogP contribution in [0, 0.1) is 0 Å². The monoisotopic (exact) mass is 303 g/mol. The van der Waals surface area contributed by atoms with Gasteiger partial charge in [0.15, 0.2) is 0 Å². The average molecular weight is 303 g/mol. The average Bonchev–Trinajstić information content (AvgIpc) is 2.48. The maximum Gasteiger partial charge on any atom is 0.262 e. The van der Waals surface area contributed by atoms with E-state index in [0.717, 1.165) is 23.7 Å². The lowest BCUT2D eigenvalue weighted by Gasteiger charge is -2.32. The number of benzene rings is 1. The molecule has 0 aromatic heterocycles. The van der Waals surface area contributed by atoms with Gasteiger partial charge >= 0.3 is 0 Å². The van der Waals surface area contributed by atoms with Crippen LogP contribution in [-0.4, -0.2) is 54.8 Å². The molecule has 0 atom stereocenters. The van der Waals surface area contributed by atoms with Gasteiger partial charge in [-0.3, -0.25) is 9.59 Å². The lowest BCUT2D eigenvalue weighted by molar-refractivity contribution is -0.127. The number of likely N-dealkylation sites (N-methyl/N-ethyl adjacent to an activating group) is 1. The van der Waals surface area contributed by atoms with Gasteiger partial charge in [-0.1, -0.05) is 23.9 Å². The standard InChI is InChI=1S/C15H17N3O2S/c1-17-6-8-18(9-7-17)14(19)10-13-15(20)16-11-4-2-3-5-12(11)21-13/h2-5,10H,6-9H2,1H3,(H,16,20)/b13-10-. The van der Waals surface area contributed by atoms with Crippen LogP contribution in [0.4, 0.5) is 5.69 Å². The molecule has 0 spiro atoms. The molecule has 110 valence electrons. The zero-order chi connectivity index (χ0) is 14.8. The molecule has 0 saturated carbocycles. The predicted octanol–water partition coefficient (Wildman–Crippen LogP) is 1.39. The summed E-state index contributed by atoms with van der Waals surface area (Å²) in [7, 11) is 2.04. The van der Waals surface area contributed by atoms with Crippen LogP contribution in [0.25, 0.3) is 0 Å². The third kappa shape index (κ3) is 3.11. The Labute approximate surface area is 128 Å². The Balaban J connectivity index is 1.74. The number of amides is 2. The Morgan fingerprint density at radius 3 is 2.71 bits per heavy atom. The largest absolute Gasteiger partial charge is 0.337 e. The van der Waals surface area contributed by atoms with Crippen molar-refractivity contribution >= 4 is 29.3 Å². The Kier molecular flexibility index (Phi) is 3.98. The molecule has 1 saturated heterocycles. The molecule has 0 aliphatic carbocycles. The van der Waals surface area contributed by atoms with E-state index in [1.807, 2.05) is 31.3 Å². The van der Waals surface area contributed by atoms with Crippen molar-refractivity contribution in [2.45, 2.75) is 4.90 Å². The topological polar surface area (TPSA) is 52.6 Å². The first-order valence-electron chi connectivity index (χ1n) is 6.91. The van der Waals surface area contributed by atoms with Crippen LogP contribution < -0.4 is 5.32 Å². The highest BCUT2D eigenvalue weighted by atomic mass is 32.2. The summed E-state index contributed by atoms with van der Waals surface area (Å²) in [6, 6.07) is 7.60. The minimum Gasteiger partial charge on any atom is -0.337 e. The molecule has 2 amide bonds. The summed E-state index contributed by atoms with van der Waals surface area (Å²) in [6.45, 7) is 3.16. The van der Waals surface area contributed by atoms with E-state index in [-0.39, 0.29) is 11.8 Å². The maximum absolute atomic E-state index is 12.3. The second-order valence-electron chi connectivity index (χ2n) is 5.19. The number of nitrogens with one attached hydrogen (secondary N) is 1. The predicted molar refractivity (Wildman–Crippen MR) is 83.1 cm³/mol. The van der Waals surface area contributed by atoms with Crippen LogP contribution in [0.1, 0.15) is 0 Å². The van der Waals surface area contributed by atoms with E-state index in [1.165, 1.54) is 17.8 Å². The quantitative estimate of drug-likeness (QED) is 0.797. The van der Waals surface area contributed by atoms with Crippen molar-refractivity contribution in [2.24, 2.45) is 0 Å². The van der Waals surface area contributed by atoms with Crippen molar-refractivity contribution in [3.8, 4) is 0 Å². The molecule has 0 bridgehead atoms. The number of anilines is 1. The molecule has 0 unspecified atom stereocenters. The van der Waals surface area contributed by atoms with E-state index in [4.69, 9.17) is 0 Å². The fourth-order valence-electron chi connectivity index (χ4n) is 2.33. The van der Waals surface area contributed by atoms with Gasteiger partial charge in [0.2, 0.25) is 5.91 Å². The summed E-state index contributed by atoms with van der Waals surface area (Å²) < 4.78 is 0. The highest BCUT2D eigenvalue weighted by molar-refractivity contribution is 8.04. The summed E-state index contributed by atoms with van der Waals surface area (Å²) in [5.74, 6) is -0.290. The number of para-hydroxylation sites is 1. The molecule has 5 nitrogen and oxygen atoms in total. The number of nitrogens with zero attached hydrogens (tertiary/aromatic N) is 2. The van der Waals surface area contributed by atoms with Crippen LogP contribution in [0.2, 0.25) is 0 Å². The van der Waals surface area contributed by atoms with Gasteiger partial charge in [-0.2, -0.15) is 0 Å². The smallest absolute Gasteiger partial charge is 0.262 e. The van der Waals surface area contributed by atoms with Crippen molar-refractivity contribution in [3.63, 3.8) is 0 Å². The molecular weight excluding hydrogens is 286 g/mol. The van der Waals surface area contributed by atoms with Gasteiger partial charge < -0.3 is 15.1 Å². The van der Waals surface area contributed by atoms with E-state index >= 15 is 0 Å². The number of carbonyl (C=O) groups is 2. The first kappa shape index (κ1) is 14.2. The number of rotatable bonds is 1. The third-order valence-electron chi connectivity index (χ3n) is 3.65. The molecule has 2 aliphatic rings. The fraction of sp³-hybridized carbons (Fsp3) is 0.333. The van der Waals surface area contributed by atoms with Crippen molar-refractivity contribution in [2.75, 3.05) is 38.5 Å². The van der Waals surface area contributed by atoms with Crippen LogP contribution in [0.5, 0.6) is 0 Å². The van der Waals surface area contributed by atoms with E-state index in [1.54, 1.807) is 4.90 Å². The molecule has 0 radical (unpaired) electrons. The number of hydrogen-bond acceptors (Lipinski definition) is 4. The first-order chi connectivity index (χ1) is 10.1. The Morgan fingerprint density at radius 1 is 1.24 bits per heavy atom. The second-order valence-corrected chi connectivity index (χ2v) is 6.27. The van der Waals surface area contributed by atoms with Gasteiger partial charge in [0.25, 0.3) is 5.91 Å². The normalized spacial score (nSPS) is 21.1. The lowest BCUT2D eigenvalue weighted by atomic mass is 10.3. The van der Waals surface area contributed by atoms with E-state index < -0.39 is 0 Å². The summed E-state index contributed by atoms with van der Waals surface area (Å²) in [5.41, 5.74) is 0.802. The van der Waals surface area contributed by atoms with Crippen LogP contribution in [0.15, 0.2) is 40.1 Å².